The summed E-state index contributed by atoms with van der Waals surface area (Å²) < 4.78 is 20.8. The van der Waals surface area contributed by atoms with Gasteiger partial charge in [-0.25, -0.2) is 9.83 Å². The van der Waals surface area contributed by atoms with Crippen molar-refractivity contribution in [1.29, 1.82) is 0 Å². The molecule has 1 unspecified atom stereocenters. The Morgan fingerprint density at radius 3 is 2.75 bits per heavy atom. The number of ether oxygens (including phenoxy) is 1. The van der Waals surface area contributed by atoms with Crippen LogP contribution in [0, 0.1) is 23.5 Å². The molecule has 0 N–H and O–H groups in total. The molecule has 8 heteroatoms. The Labute approximate surface area is 190 Å². The van der Waals surface area contributed by atoms with Crippen LogP contribution in [0.3, 0.4) is 0 Å². The molecular formula is C24H25FN4O2S. The van der Waals surface area contributed by atoms with Crippen LogP contribution < -0.4 is 0 Å². The maximum absolute atomic E-state index is 13.5. The topological polar surface area (TPSA) is 61.4 Å². The number of nitrogens with zero attached hydrogens (tertiary/aromatic N) is 4. The zero-order valence-corrected chi connectivity index (χ0v) is 18.6. The maximum Gasteiger partial charge on any atom is 0.196 e. The van der Waals surface area contributed by atoms with Crippen LogP contribution in [-0.2, 0) is 22.4 Å². The van der Waals surface area contributed by atoms with Crippen molar-refractivity contribution in [3.63, 3.8) is 0 Å². The largest absolute Gasteiger partial charge is 0.381 e. The Morgan fingerprint density at radius 2 is 2.06 bits per heavy atom. The molecule has 0 spiro atoms. The standard InChI is InChI=1S/C24H25FN4O2S/c1-26-18-10-17(8-15-2-3-15)19-13-28-29(20(19)11-18)21(9-16-4-6-31-7-5-16)22(30)12-24-27-14-23(25)32-24/h10-11,13-16,21H,2-9,12H2. The van der Waals surface area contributed by atoms with Gasteiger partial charge in [0.25, 0.3) is 0 Å². The first-order valence-corrected chi connectivity index (χ1v) is 12.0. The lowest BCUT2D eigenvalue weighted by atomic mass is 9.90. The van der Waals surface area contributed by atoms with Gasteiger partial charge in [0, 0.05) is 18.6 Å². The van der Waals surface area contributed by atoms with Gasteiger partial charge in [-0.3, -0.25) is 9.48 Å². The molecule has 166 valence electrons. The van der Waals surface area contributed by atoms with Crippen LogP contribution in [0.4, 0.5) is 10.1 Å². The number of benzene rings is 1. The van der Waals surface area contributed by atoms with Crippen molar-refractivity contribution in [3.05, 3.63) is 51.6 Å². The fourth-order valence-corrected chi connectivity index (χ4v) is 5.27. The van der Waals surface area contributed by atoms with Gasteiger partial charge in [-0.15, -0.1) is 0 Å². The van der Waals surface area contributed by atoms with Gasteiger partial charge in [0.15, 0.2) is 16.6 Å². The monoisotopic (exact) mass is 452 g/mol. The Kier molecular flexibility index (Phi) is 6.03. The number of thiazole rings is 1. The van der Waals surface area contributed by atoms with E-state index in [0.29, 0.717) is 42.2 Å². The molecule has 3 heterocycles. The predicted molar refractivity (Wildman–Crippen MR) is 120 cm³/mol. The third-order valence-electron chi connectivity index (χ3n) is 6.54. The number of rotatable bonds is 8. The summed E-state index contributed by atoms with van der Waals surface area (Å²) >= 11 is 0.915. The SMILES string of the molecule is [C-]#[N+]c1cc(CC2CC2)c2cnn(C(CC3CCOCC3)C(=O)Cc3ncc(F)s3)c2c1. The summed E-state index contributed by atoms with van der Waals surface area (Å²) in [4.78, 5) is 21.2. The molecule has 6 nitrogen and oxygen atoms in total. The third kappa shape index (κ3) is 4.59. The highest BCUT2D eigenvalue weighted by molar-refractivity contribution is 7.10. The summed E-state index contributed by atoms with van der Waals surface area (Å²) in [6.07, 6.45) is 8.98. The molecule has 1 saturated heterocycles. The molecule has 2 aliphatic rings. The second-order valence-electron chi connectivity index (χ2n) is 8.89. The molecule has 1 saturated carbocycles. The molecule has 1 atom stereocenters. The van der Waals surface area contributed by atoms with Crippen molar-refractivity contribution in [3.8, 4) is 0 Å². The van der Waals surface area contributed by atoms with Crippen molar-refractivity contribution in [2.75, 3.05) is 13.2 Å². The van der Waals surface area contributed by atoms with E-state index in [9.17, 15) is 9.18 Å². The van der Waals surface area contributed by atoms with Crippen molar-refractivity contribution in [2.24, 2.45) is 11.8 Å². The first kappa shape index (κ1) is 21.2. The zero-order valence-electron chi connectivity index (χ0n) is 17.8. The Bertz CT molecular complexity index is 1170. The molecular weight excluding hydrogens is 427 g/mol. The van der Waals surface area contributed by atoms with E-state index >= 15 is 0 Å². The van der Waals surface area contributed by atoms with Gasteiger partial charge < -0.3 is 4.74 Å². The summed E-state index contributed by atoms with van der Waals surface area (Å²) in [5.41, 5.74) is 2.56. The van der Waals surface area contributed by atoms with E-state index in [-0.39, 0.29) is 17.3 Å². The Hall–Kier alpha value is -2.63. The highest BCUT2D eigenvalue weighted by Crippen LogP contribution is 2.38. The third-order valence-corrected chi connectivity index (χ3v) is 7.32. The summed E-state index contributed by atoms with van der Waals surface area (Å²) in [5.74, 6) is 1.02. The van der Waals surface area contributed by atoms with Crippen LogP contribution in [0.5, 0.6) is 0 Å². The van der Waals surface area contributed by atoms with E-state index in [1.807, 2.05) is 23.0 Å². The van der Waals surface area contributed by atoms with Crippen LogP contribution in [0.1, 0.15) is 48.7 Å². The van der Waals surface area contributed by atoms with E-state index in [0.717, 1.165) is 53.3 Å². The first-order valence-electron chi connectivity index (χ1n) is 11.2. The number of hydrogen-bond acceptors (Lipinski definition) is 5. The number of Topliss-reactive ketones (excluding diaryl/α,β-unsaturated/α-hetero) is 1. The number of hydrogen-bond donors (Lipinski definition) is 0. The lowest BCUT2D eigenvalue weighted by molar-refractivity contribution is -0.122. The fourth-order valence-electron chi connectivity index (χ4n) is 4.62. The number of carbonyl (C=O) groups excluding carboxylic acids is 1. The summed E-state index contributed by atoms with van der Waals surface area (Å²) in [7, 11) is 0. The molecule has 5 rings (SSSR count). The molecule has 1 aliphatic carbocycles. The van der Waals surface area contributed by atoms with Crippen molar-refractivity contribution < 1.29 is 13.9 Å². The van der Waals surface area contributed by atoms with E-state index in [1.54, 1.807) is 0 Å². The molecule has 0 amide bonds. The average molecular weight is 453 g/mol. The predicted octanol–water partition coefficient (Wildman–Crippen LogP) is 5.30. The van der Waals surface area contributed by atoms with Crippen LogP contribution in [0.2, 0.25) is 0 Å². The molecule has 2 aromatic heterocycles. The minimum atomic E-state index is -0.475. The van der Waals surface area contributed by atoms with Gasteiger partial charge >= 0.3 is 0 Å². The quantitative estimate of drug-likeness (QED) is 0.435. The summed E-state index contributed by atoms with van der Waals surface area (Å²) in [6.45, 7) is 8.97. The van der Waals surface area contributed by atoms with Gasteiger partial charge in [-0.1, -0.05) is 17.4 Å². The van der Waals surface area contributed by atoms with Crippen LogP contribution in [0.15, 0.2) is 24.5 Å². The smallest absolute Gasteiger partial charge is 0.196 e. The highest BCUT2D eigenvalue weighted by atomic mass is 32.1. The lowest BCUT2D eigenvalue weighted by Gasteiger charge is -2.26. The summed E-state index contributed by atoms with van der Waals surface area (Å²) in [6, 6.07) is 3.34. The van der Waals surface area contributed by atoms with Gasteiger partial charge in [-0.05, 0) is 62.0 Å². The van der Waals surface area contributed by atoms with Crippen LogP contribution >= 0.6 is 11.3 Å². The number of aromatic nitrogens is 3. The second-order valence-corrected chi connectivity index (χ2v) is 9.96. The van der Waals surface area contributed by atoms with Gasteiger partial charge in [0.05, 0.1) is 30.9 Å². The average Bonchev–Trinajstić information content (AvgIpc) is 3.37. The molecule has 2 fully saturated rings. The van der Waals surface area contributed by atoms with Crippen molar-refractivity contribution in [1.82, 2.24) is 14.8 Å². The normalized spacial score (nSPS) is 18.0. The second kappa shape index (κ2) is 9.08. The number of halogens is 1. The van der Waals surface area contributed by atoms with E-state index in [4.69, 9.17) is 11.3 Å². The van der Waals surface area contributed by atoms with Crippen molar-refractivity contribution in [2.45, 2.75) is 51.0 Å². The molecule has 1 aliphatic heterocycles. The Balaban J connectivity index is 1.51. The van der Waals surface area contributed by atoms with Gasteiger partial charge in [0.1, 0.15) is 11.0 Å². The molecule has 1 aromatic carbocycles. The number of fused-ring (bicyclic) bond motifs is 1. The summed E-state index contributed by atoms with van der Waals surface area (Å²) in [5, 5.41) is 5.79. The molecule has 32 heavy (non-hydrogen) atoms. The maximum atomic E-state index is 13.5. The highest BCUT2D eigenvalue weighted by Gasteiger charge is 2.30. The van der Waals surface area contributed by atoms with E-state index in [2.05, 4.69) is 14.9 Å². The molecule has 0 radical (unpaired) electrons. The number of carbonyl (C=O) groups is 1. The van der Waals surface area contributed by atoms with Crippen LogP contribution in [-0.4, -0.2) is 33.8 Å². The molecule has 0 bridgehead atoms. The van der Waals surface area contributed by atoms with Gasteiger partial charge in [0.2, 0.25) is 0 Å². The number of ketones is 1. The lowest BCUT2D eigenvalue weighted by Crippen LogP contribution is -2.27. The van der Waals surface area contributed by atoms with Crippen molar-refractivity contribution >= 4 is 33.7 Å². The van der Waals surface area contributed by atoms with Crippen LogP contribution in [0.25, 0.3) is 15.7 Å². The molecule has 3 aromatic rings. The first-order chi connectivity index (χ1) is 15.6. The van der Waals surface area contributed by atoms with E-state index < -0.39 is 6.04 Å². The van der Waals surface area contributed by atoms with E-state index in [1.165, 1.54) is 12.8 Å². The minimum Gasteiger partial charge on any atom is -0.381 e. The Morgan fingerprint density at radius 1 is 1.25 bits per heavy atom. The fraction of sp³-hybridized carbons (Fsp3) is 0.500. The zero-order chi connectivity index (χ0) is 22.1. The minimum absolute atomic E-state index is 0.0206. The van der Waals surface area contributed by atoms with Gasteiger partial charge in [-0.2, -0.15) is 9.49 Å².